The molecule has 0 aliphatic heterocycles. The van der Waals surface area contributed by atoms with Gasteiger partial charge in [-0.05, 0) is 42.8 Å². The van der Waals surface area contributed by atoms with Crippen LogP contribution in [-0.2, 0) is 0 Å². The number of nitrogens with zero attached hydrogens (tertiary/aromatic N) is 2. The second-order valence-electron chi connectivity index (χ2n) is 5.63. The van der Waals surface area contributed by atoms with Crippen molar-refractivity contribution < 1.29 is 4.74 Å². The second kappa shape index (κ2) is 6.01. The third kappa shape index (κ3) is 2.80. The van der Waals surface area contributed by atoms with E-state index in [9.17, 15) is 0 Å². The summed E-state index contributed by atoms with van der Waals surface area (Å²) in [4.78, 5) is 5.25. The van der Waals surface area contributed by atoms with E-state index in [4.69, 9.17) is 27.7 Å². The summed E-state index contributed by atoms with van der Waals surface area (Å²) >= 11 is 5.23. The summed E-state index contributed by atoms with van der Waals surface area (Å²) < 4.78 is 7.31. The van der Waals surface area contributed by atoms with Gasteiger partial charge in [0.1, 0.15) is 11.4 Å². The van der Waals surface area contributed by atoms with Gasteiger partial charge in [0.05, 0.1) is 23.5 Å². The normalized spacial score (nSPS) is 12.3. The minimum Gasteiger partial charge on any atom is -0.497 e. The van der Waals surface area contributed by atoms with Crippen molar-refractivity contribution in [3.05, 3.63) is 53.9 Å². The first-order valence-electron chi connectivity index (χ1n) is 7.43. The lowest BCUT2D eigenvalue weighted by Gasteiger charge is -2.13. The first kappa shape index (κ1) is 15.5. The highest BCUT2D eigenvalue weighted by atomic mass is 32.1. The molecule has 0 amide bonds. The summed E-state index contributed by atoms with van der Waals surface area (Å²) in [6, 6.07) is 11.9. The van der Waals surface area contributed by atoms with Crippen LogP contribution in [0.2, 0.25) is 0 Å². The van der Waals surface area contributed by atoms with Gasteiger partial charge in [-0.2, -0.15) is 0 Å². The Morgan fingerprint density at radius 2 is 1.91 bits per heavy atom. The van der Waals surface area contributed by atoms with Gasteiger partial charge in [0.2, 0.25) is 0 Å². The molecule has 2 N–H and O–H groups in total. The molecule has 0 radical (unpaired) electrons. The average Bonchev–Trinajstić information content (AvgIpc) is 2.92. The molecule has 0 saturated heterocycles. The van der Waals surface area contributed by atoms with E-state index in [2.05, 4.69) is 23.6 Å². The zero-order valence-electron chi connectivity index (χ0n) is 13.4. The van der Waals surface area contributed by atoms with Crippen molar-refractivity contribution in [2.45, 2.75) is 19.8 Å². The van der Waals surface area contributed by atoms with E-state index in [1.54, 1.807) is 7.11 Å². The Hall–Kier alpha value is -2.40. The highest BCUT2D eigenvalue weighted by Crippen LogP contribution is 2.31. The lowest BCUT2D eigenvalue weighted by molar-refractivity contribution is 0.415. The summed E-state index contributed by atoms with van der Waals surface area (Å²) in [5, 5.41) is 0. The highest BCUT2D eigenvalue weighted by molar-refractivity contribution is 7.80. The van der Waals surface area contributed by atoms with Crippen molar-refractivity contribution >= 4 is 22.9 Å². The van der Waals surface area contributed by atoms with Gasteiger partial charge in [0.25, 0.3) is 0 Å². The second-order valence-corrected chi connectivity index (χ2v) is 6.10. The van der Waals surface area contributed by atoms with Crippen LogP contribution < -0.4 is 10.5 Å². The van der Waals surface area contributed by atoms with Gasteiger partial charge in [-0.3, -0.25) is 0 Å². The van der Waals surface area contributed by atoms with Crippen LogP contribution in [0.25, 0.3) is 16.9 Å². The van der Waals surface area contributed by atoms with Gasteiger partial charge < -0.3 is 14.9 Å². The molecular weight excluding hydrogens is 306 g/mol. The van der Waals surface area contributed by atoms with Crippen molar-refractivity contribution in [2.24, 2.45) is 5.73 Å². The molecule has 4 nitrogen and oxygen atoms in total. The molecule has 0 fully saturated rings. The van der Waals surface area contributed by atoms with Crippen LogP contribution in [0.3, 0.4) is 0 Å². The number of aromatic nitrogens is 2. The van der Waals surface area contributed by atoms with Crippen molar-refractivity contribution in [1.29, 1.82) is 0 Å². The van der Waals surface area contributed by atoms with Crippen molar-refractivity contribution in [3.8, 4) is 17.0 Å². The maximum atomic E-state index is 5.92. The fraction of sp³-hybridized carbons (Fsp3) is 0.222. The van der Waals surface area contributed by atoms with Crippen LogP contribution in [0.15, 0.2) is 42.6 Å². The van der Waals surface area contributed by atoms with E-state index >= 15 is 0 Å². The summed E-state index contributed by atoms with van der Waals surface area (Å²) in [5.41, 5.74) is 10.9. The first-order valence-corrected chi connectivity index (χ1v) is 7.84. The summed E-state index contributed by atoms with van der Waals surface area (Å²) in [6.45, 7) is 4.07. The first-order chi connectivity index (χ1) is 11.0. The number of imidazole rings is 1. The molecule has 1 atom stereocenters. The van der Waals surface area contributed by atoms with Gasteiger partial charge >= 0.3 is 0 Å². The number of rotatable bonds is 4. The summed E-state index contributed by atoms with van der Waals surface area (Å²) in [5.74, 6) is 0.746. The van der Waals surface area contributed by atoms with Crippen LogP contribution >= 0.6 is 12.2 Å². The Morgan fingerprint density at radius 3 is 2.52 bits per heavy atom. The number of fused-ring (bicyclic) bond motifs is 1. The Morgan fingerprint density at radius 1 is 1.22 bits per heavy atom. The molecular formula is C18H19N3OS. The number of benzene rings is 1. The topological polar surface area (TPSA) is 52.5 Å². The zero-order valence-corrected chi connectivity index (χ0v) is 14.2. The van der Waals surface area contributed by atoms with Crippen LogP contribution in [0.4, 0.5) is 0 Å². The number of hydrogen-bond donors (Lipinski definition) is 1. The Kier molecular flexibility index (Phi) is 4.05. The molecule has 1 unspecified atom stereocenters. The fourth-order valence-corrected chi connectivity index (χ4v) is 2.79. The van der Waals surface area contributed by atoms with Crippen molar-refractivity contribution in [1.82, 2.24) is 9.38 Å². The molecule has 0 spiro atoms. The number of ether oxygens (including phenoxy) is 1. The standard InChI is InChI=1S/C18H19N3OS/c1-11-4-9-15-20-16(13-5-7-14(22-3)8-6-13)17(21(15)10-11)12(2)18(19)23/h4-10,12H,1-3H3,(H2,19,23). The van der Waals surface area contributed by atoms with Crippen LogP contribution in [0.1, 0.15) is 24.1 Å². The number of methoxy groups -OCH3 is 1. The molecule has 3 aromatic rings. The van der Waals surface area contributed by atoms with Crippen LogP contribution in [0, 0.1) is 6.92 Å². The maximum absolute atomic E-state index is 5.92. The molecule has 118 valence electrons. The number of pyridine rings is 1. The van der Waals surface area contributed by atoms with Crippen molar-refractivity contribution in [2.75, 3.05) is 7.11 Å². The number of thiocarbonyl (C=S) groups is 1. The molecule has 0 saturated carbocycles. The maximum Gasteiger partial charge on any atom is 0.137 e. The molecule has 2 heterocycles. The Labute approximate surface area is 140 Å². The van der Waals surface area contributed by atoms with E-state index in [1.807, 2.05) is 37.3 Å². The van der Waals surface area contributed by atoms with E-state index < -0.39 is 0 Å². The van der Waals surface area contributed by atoms with Gasteiger partial charge in [0.15, 0.2) is 0 Å². The minimum atomic E-state index is -0.0705. The predicted octanol–water partition coefficient (Wildman–Crippen LogP) is 3.71. The van der Waals surface area contributed by atoms with E-state index in [0.717, 1.165) is 33.9 Å². The van der Waals surface area contributed by atoms with Gasteiger partial charge in [-0.15, -0.1) is 0 Å². The third-order valence-electron chi connectivity index (χ3n) is 4.00. The summed E-state index contributed by atoms with van der Waals surface area (Å²) in [6.07, 6.45) is 2.07. The largest absolute Gasteiger partial charge is 0.497 e. The Bertz CT molecular complexity index is 868. The number of nitrogens with two attached hydrogens (primary N) is 1. The fourth-order valence-electron chi connectivity index (χ4n) is 2.68. The predicted molar refractivity (Wildman–Crippen MR) is 97.1 cm³/mol. The Balaban J connectivity index is 2.25. The molecule has 3 rings (SSSR count). The lowest BCUT2D eigenvalue weighted by Crippen LogP contribution is -2.18. The molecule has 23 heavy (non-hydrogen) atoms. The molecule has 1 aromatic carbocycles. The molecule has 2 aromatic heterocycles. The molecule has 5 heteroatoms. The smallest absolute Gasteiger partial charge is 0.137 e. The van der Waals surface area contributed by atoms with Crippen LogP contribution in [0.5, 0.6) is 5.75 Å². The zero-order chi connectivity index (χ0) is 16.6. The van der Waals surface area contributed by atoms with Gasteiger partial charge in [0, 0.05) is 17.7 Å². The van der Waals surface area contributed by atoms with Crippen LogP contribution in [-0.4, -0.2) is 21.5 Å². The van der Waals surface area contributed by atoms with E-state index in [-0.39, 0.29) is 5.92 Å². The molecule has 0 aliphatic carbocycles. The SMILES string of the molecule is COc1ccc(-c2nc3ccc(C)cn3c2C(C)C(N)=S)cc1. The summed E-state index contributed by atoms with van der Waals surface area (Å²) in [7, 11) is 1.66. The van der Waals surface area contributed by atoms with Crippen molar-refractivity contribution in [3.63, 3.8) is 0 Å². The molecule has 0 bridgehead atoms. The average molecular weight is 325 g/mol. The lowest BCUT2D eigenvalue weighted by atomic mass is 10.0. The quantitative estimate of drug-likeness (QED) is 0.743. The van der Waals surface area contributed by atoms with E-state index in [1.165, 1.54) is 0 Å². The highest BCUT2D eigenvalue weighted by Gasteiger charge is 2.21. The molecule has 0 aliphatic rings. The minimum absolute atomic E-state index is 0.0705. The van der Waals surface area contributed by atoms with Gasteiger partial charge in [-0.1, -0.05) is 25.2 Å². The third-order valence-corrected chi connectivity index (χ3v) is 4.36. The van der Waals surface area contributed by atoms with E-state index in [0.29, 0.717) is 4.99 Å². The monoisotopic (exact) mass is 325 g/mol. The number of hydrogen-bond acceptors (Lipinski definition) is 3. The van der Waals surface area contributed by atoms with Gasteiger partial charge in [-0.25, -0.2) is 4.98 Å². The number of aryl methyl sites for hydroxylation is 1.